The first-order valence-electron chi connectivity index (χ1n) is 8.76. The Balaban J connectivity index is 1.96. The molecule has 148 valence electrons. The van der Waals surface area contributed by atoms with Gasteiger partial charge < -0.3 is 20.7 Å². The number of rotatable bonds is 8. The molecule has 1 aliphatic rings. The van der Waals surface area contributed by atoms with Crippen molar-refractivity contribution in [3.8, 4) is 5.75 Å². The molecule has 0 saturated carbocycles. The Morgan fingerprint density at radius 2 is 2.07 bits per heavy atom. The van der Waals surface area contributed by atoms with Gasteiger partial charge in [0.25, 0.3) is 0 Å². The normalized spacial score (nSPS) is 17.1. The lowest BCUT2D eigenvalue weighted by molar-refractivity contribution is -0.134. The quantitative estimate of drug-likeness (QED) is 0.542. The third-order valence-electron chi connectivity index (χ3n) is 4.28. The van der Waals surface area contributed by atoms with Gasteiger partial charge >= 0.3 is 0 Å². The Morgan fingerprint density at radius 1 is 1.33 bits per heavy atom. The van der Waals surface area contributed by atoms with Gasteiger partial charge in [0, 0.05) is 51.3 Å². The fourth-order valence-electron chi connectivity index (χ4n) is 2.86. The topological polar surface area (TPSA) is 99.8 Å². The number of nitrogens with zero attached hydrogens (tertiary/aromatic N) is 1. The van der Waals surface area contributed by atoms with Crippen LogP contribution in [0.1, 0.15) is 18.9 Å². The van der Waals surface area contributed by atoms with Gasteiger partial charge in [-0.25, -0.2) is 4.39 Å². The number of hydrogen-bond acceptors (Lipinski definition) is 5. The van der Waals surface area contributed by atoms with Crippen LogP contribution in [0.2, 0.25) is 0 Å². The monoisotopic (exact) mass is 380 g/mol. The Labute approximate surface area is 157 Å². The van der Waals surface area contributed by atoms with E-state index in [1.165, 1.54) is 20.1 Å². The minimum absolute atomic E-state index is 0.0380. The minimum atomic E-state index is -0.680. The van der Waals surface area contributed by atoms with E-state index in [9.17, 15) is 18.8 Å². The molecule has 1 aromatic carbocycles. The molecule has 2 rings (SSSR count). The summed E-state index contributed by atoms with van der Waals surface area (Å²) in [6.07, 6.45) is -0.0380. The number of methoxy groups -OCH3 is 1. The number of amides is 3. The third kappa shape index (κ3) is 6.21. The van der Waals surface area contributed by atoms with Crippen LogP contribution < -0.4 is 20.7 Å². The molecule has 0 radical (unpaired) electrons. The zero-order valence-electron chi connectivity index (χ0n) is 15.5. The van der Waals surface area contributed by atoms with Gasteiger partial charge in [-0.1, -0.05) is 6.07 Å². The van der Waals surface area contributed by atoms with Gasteiger partial charge in [0.2, 0.25) is 17.7 Å². The number of halogens is 1. The molecule has 1 heterocycles. The molecule has 1 aromatic rings. The molecule has 1 aliphatic heterocycles. The van der Waals surface area contributed by atoms with Crippen LogP contribution in [0.15, 0.2) is 18.2 Å². The summed E-state index contributed by atoms with van der Waals surface area (Å²) in [6, 6.07) is 3.89. The van der Waals surface area contributed by atoms with Crippen molar-refractivity contribution >= 4 is 17.7 Å². The summed E-state index contributed by atoms with van der Waals surface area (Å²) in [5.74, 6) is -0.736. The Hall–Kier alpha value is -2.68. The first kappa shape index (κ1) is 20.6. The van der Waals surface area contributed by atoms with Crippen LogP contribution >= 0.6 is 0 Å². The Morgan fingerprint density at radius 3 is 2.74 bits per heavy atom. The smallest absolute Gasteiger partial charge is 0.237 e. The van der Waals surface area contributed by atoms with Crippen LogP contribution in [0, 0.1) is 5.82 Å². The van der Waals surface area contributed by atoms with E-state index in [-0.39, 0.29) is 37.2 Å². The Kier molecular flexibility index (Phi) is 7.54. The number of benzene rings is 1. The highest BCUT2D eigenvalue weighted by Crippen LogP contribution is 2.20. The van der Waals surface area contributed by atoms with Crippen LogP contribution in [-0.4, -0.2) is 62.0 Å². The van der Waals surface area contributed by atoms with E-state index in [4.69, 9.17) is 4.74 Å². The summed E-state index contributed by atoms with van der Waals surface area (Å²) >= 11 is 0. The van der Waals surface area contributed by atoms with E-state index in [1.807, 2.05) is 0 Å². The SMILES string of the molecule is COc1ccc(CN2CCNC(=O)[C@@H]2CC(=O)NCCNC(C)=O)c(F)c1. The molecule has 0 unspecified atom stereocenters. The van der Waals surface area contributed by atoms with Crippen molar-refractivity contribution in [2.75, 3.05) is 33.3 Å². The molecular formula is C18H25FN4O4. The van der Waals surface area contributed by atoms with Crippen LogP contribution in [0.5, 0.6) is 5.75 Å². The van der Waals surface area contributed by atoms with E-state index in [0.717, 1.165) is 0 Å². The summed E-state index contributed by atoms with van der Waals surface area (Å²) in [4.78, 5) is 37.0. The summed E-state index contributed by atoms with van der Waals surface area (Å²) in [5.41, 5.74) is 0.432. The zero-order chi connectivity index (χ0) is 19.8. The molecule has 0 aliphatic carbocycles. The first-order valence-corrected chi connectivity index (χ1v) is 8.76. The standard InChI is InChI=1S/C18H25FN4O4/c1-12(24)20-5-6-21-17(25)10-16-18(26)22-7-8-23(16)11-13-3-4-14(27-2)9-15(13)19/h3-4,9,16H,5-8,10-11H2,1-2H3,(H,20,24)(H,21,25)(H,22,26)/t16-/m0/s1. The highest BCUT2D eigenvalue weighted by molar-refractivity contribution is 5.88. The first-order chi connectivity index (χ1) is 12.9. The molecule has 9 heteroatoms. The third-order valence-corrected chi connectivity index (χ3v) is 4.28. The maximum atomic E-state index is 14.2. The highest BCUT2D eigenvalue weighted by Gasteiger charge is 2.32. The molecule has 0 bridgehead atoms. The van der Waals surface area contributed by atoms with Gasteiger partial charge in [-0.15, -0.1) is 0 Å². The molecule has 1 saturated heterocycles. The van der Waals surface area contributed by atoms with Crippen LogP contribution in [0.25, 0.3) is 0 Å². The van der Waals surface area contributed by atoms with E-state index < -0.39 is 11.9 Å². The average molecular weight is 380 g/mol. The molecule has 1 fully saturated rings. The van der Waals surface area contributed by atoms with Crippen molar-refractivity contribution in [2.24, 2.45) is 0 Å². The lowest BCUT2D eigenvalue weighted by atomic mass is 10.1. The predicted octanol–water partition coefficient (Wildman–Crippen LogP) is -0.223. The van der Waals surface area contributed by atoms with Gasteiger partial charge in [-0.05, 0) is 6.07 Å². The second-order valence-electron chi connectivity index (χ2n) is 6.27. The second-order valence-corrected chi connectivity index (χ2v) is 6.27. The molecule has 3 amide bonds. The Bertz CT molecular complexity index is 698. The van der Waals surface area contributed by atoms with E-state index in [1.54, 1.807) is 17.0 Å². The van der Waals surface area contributed by atoms with Crippen molar-refractivity contribution in [3.63, 3.8) is 0 Å². The average Bonchev–Trinajstić information content (AvgIpc) is 2.63. The summed E-state index contributed by atoms with van der Waals surface area (Å²) in [7, 11) is 1.46. The van der Waals surface area contributed by atoms with Crippen molar-refractivity contribution in [1.29, 1.82) is 0 Å². The fourth-order valence-corrected chi connectivity index (χ4v) is 2.86. The molecule has 8 nitrogen and oxygen atoms in total. The van der Waals surface area contributed by atoms with E-state index in [2.05, 4.69) is 16.0 Å². The number of piperazine rings is 1. The van der Waals surface area contributed by atoms with Crippen molar-refractivity contribution < 1.29 is 23.5 Å². The summed E-state index contributed by atoms with van der Waals surface area (Å²) < 4.78 is 19.2. The van der Waals surface area contributed by atoms with Gasteiger partial charge in [0.05, 0.1) is 19.6 Å². The predicted molar refractivity (Wildman–Crippen MR) is 96.5 cm³/mol. The largest absolute Gasteiger partial charge is 0.497 e. The van der Waals surface area contributed by atoms with Crippen LogP contribution in [-0.2, 0) is 20.9 Å². The van der Waals surface area contributed by atoms with Crippen molar-refractivity contribution in [3.05, 3.63) is 29.6 Å². The maximum Gasteiger partial charge on any atom is 0.237 e. The molecule has 0 spiro atoms. The van der Waals surface area contributed by atoms with E-state index in [0.29, 0.717) is 30.9 Å². The van der Waals surface area contributed by atoms with Crippen LogP contribution in [0.3, 0.4) is 0 Å². The summed E-state index contributed by atoms with van der Waals surface area (Å²) in [5, 5.41) is 7.98. The van der Waals surface area contributed by atoms with Crippen molar-refractivity contribution in [1.82, 2.24) is 20.9 Å². The van der Waals surface area contributed by atoms with Gasteiger partial charge in [-0.2, -0.15) is 0 Å². The maximum absolute atomic E-state index is 14.2. The molecule has 1 atom stereocenters. The van der Waals surface area contributed by atoms with Gasteiger partial charge in [0.15, 0.2) is 0 Å². The van der Waals surface area contributed by atoms with Gasteiger partial charge in [0.1, 0.15) is 11.6 Å². The van der Waals surface area contributed by atoms with E-state index >= 15 is 0 Å². The fraction of sp³-hybridized carbons (Fsp3) is 0.500. The molecule has 0 aromatic heterocycles. The van der Waals surface area contributed by atoms with Gasteiger partial charge in [-0.3, -0.25) is 19.3 Å². The lowest BCUT2D eigenvalue weighted by Crippen LogP contribution is -2.56. The second kappa shape index (κ2) is 9.86. The minimum Gasteiger partial charge on any atom is -0.497 e. The molecule has 27 heavy (non-hydrogen) atoms. The number of nitrogens with one attached hydrogen (secondary N) is 3. The molecule has 3 N–H and O–H groups in total. The number of ether oxygens (including phenoxy) is 1. The highest BCUT2D eigenvalue weighted by atomic mass is 19.1. The number of hydrogen-bond donors (Lipinski definition) is 3. The van der Waals surface area contributed by atoms with Crippen LogP contribution in [0.4, 0.5) is 4.39 Å². The van der Waals surface area contributed by atoms with Crippen molar-refractivity contribution in [2.45, 2.75) is 25.9 Å². The molecular weight excluding hydrogens is 355 g/mol. The lowest BCUT2D eigenvalue weighted by Gasteiger charge is -2.34. The zero-order valence-corrected chi connectivity index (χ0v) is 15.5. The number of carbonyl (C=O) groups is 3. The number of carbonyl (C=O) groups excluding carboxylic acids is 3. The summed E-state index contributed by atoms with van der Waals surface area (Å²) in [6.45, 7) is 3.16.